The third-order valence-corrected chi connectivity index (χ3v) is 4.04. The van der Waals surface area contributed by atoms with Gasteiger partial charge in [0.25, 0.3) is 0 Å². The van der Waals surface area contributed by atoms with E-state index >= 15 is 0 Å². The van der Waals surface area contributed by atoms with Crippen LogP contribution in [-0.4, -0.2) is 16.0 Å². The number of ether oxygens (including phenoxy) is 1. The number of anilines is 2. The van der Waals surface area contributed by atoms with E-state index in [4.69, 9.17) is 10.5 Å². The molecule has 0 unspecified atom stereocenters. The van der Waals surface area contributed by atoms with Crippen LogP contribution in [0.2, 0.25) is 0 Å². The molecule has 0 amide bonds. The fourth-order valence-electron chi connectivity index (χ4n) is 2.77. The molecule has 0 atom stereocenters. The first kappa shape index (κ1) is 19.0. The minimum absolute atomic E-state index is 0.397. The molecule has 0 saturated heterocycles. The van der Waals surface area contributed by atoms with Crippen molar-refractivity contribution in [3.05, 3.63) is 40.4 Å². The predicted octanol–water partition coefficient (Wildman–Crippen LogP) is 4.23. The summed E-state index contributed by atoms with van der Waals surface area (Å²) in [5.41, 5.74) is 7.20. The zero-order chi connectivity index (χ0) is 18.2. The second-order valence-corrected chi connectivity index (χ2v) is 6.05. The molecule has 1 aliphatic heterocycles. The molecule has 0 radical (unpaired) electrons. The van der Waals surface area contributed by atoms with Crippen molar-refractivity contribution in [3.63, 3.8) is 0 Å². The van der Waals surface area contributed by atoms with Gasteiger partial charge in [-0.3, -0.25) is 4.98 Å². The van der Waals surface area contributed by atoms with E-state index in [0.29, 0.717) is 17.6 Å². The Morgan fingerprint density at radius 3 is 2.52 bits per heavy atom. The van der Waals surface area contributed by atoms with Crippen molar-refractivity contribution in [2.45, 2.75) is 58.9 Å². The van der Waals surface area contributed by atoms with E-state index in [0.717, 1.165) is 17.0 Å². The standard InChI is InChI=1S/C11H9N3O2.C6H13N.C2H6/c1-6-2-3-8-7(4-6)13-10-9(16-8)5-12-11(15)14-10;7-6-4-2-1-3-5-6;1-2/h2-5H,1H3,(H2,12,13,14,15);6H,1-5,7H2;1-2H3. The molecule has 0 spiro atoms. The summed E-state index contributed by atoms with van der Waals surface area (Å²) in [6.45, 7) is 5.99. The molecule has 136 valence electrons. The van der Waals surface area contributed by atoms with Gasteiger partial charge in [0.1, 0.15) is 0 Å². The zero-order valence-corrected chi connectivity index (χ0v) is 15.3. The Kier molecular flexibility index (Phi) is 7.01. The molecule has 25 heavy (non-hydrogen) atoms. The number of rotatable bonds is 0. The van der Waals surface area contributed by atoms with Crippen molar-refractivity contribution >= 4 is 11.5 Å². The number of aryl methyl sites for hydroxylation is 1. The van der Waals surface area contributed by atoms with E-state index < -0.39 is 5.69 Å². The van der Waals surface area contributed by atoms with Gasteiger partial charge >= 0.3 is 5.69 Å². The highest BCUT2D eigenvalue weighted by Crippen LogP contribution is 2.39. The third-order valence-electron chi connectivity index (χ3n) is 4.04. The van der Waals surface area contributed by atoms with Gasteiger partial charge in [-0.1, -0.05) is 39.2 Å². The molecule has 6 nitrogen and oxygen atoms in total. The van der Waals surface area contributed by atoms with Gasteiger partial charge in [0.15, 0.2) is 17.3 Å². The number of hydrogen-bond donors (Lipinski definition) is 3. The molecule has 1 saturated carbocycles. The molecule has 1 aromatic heterocycles. The van der Waals surface area contributed by atoms with Crippen LogP contribution in [0, 0.1) is 6.92 Å². The Morgan fingerprint density at radius 1 is 1.16 bits per heavy atom. The highest BCUT2D eigenvalue weighted by Gasteiger charge is 2.17. The topological polar surface area (TPSA) is 93.0 Å². The number of nitrogens with two attached hydrogens (primary N) is 1. The fourth-order valence-corrected chi connectivity index (χ4v) is 2.77. The lowest BCUT2D eigenvalue weighted by atomic mass is 9.97. The average Bonchev–Trinajstić information content (AvgIpc) is 2.63. The van der Waals surface area contributed by atoms with Gasteiger partial charge in [-0.25, -0.2) is 4.79 Å². The lowest BCUT2D eigenvalue weighted by molar-refractivity contribution is 0.441. The highest BCUT2D eigenvalue weighted by molar-refractivity contribution is 5.72. The molecule has 1 aromatic carbocycles. The molecule has 4 rings (SSSR count). The van der Waals surface area contributed by atoms with Crippen LogP contribution in [0.25, 0.3) is 0 Å². The van der Waals surface area contributed by atoms with Crippen LogP contribution in [0.1, 0.15) is 51.5 Å². The van der Waals surface area contributed by atoms with Gasteiger partial charge in [0, 0.05) is 6.04 Å². The van der Waals surface area contributed by atoms with Gasteiger partial charge in [0.2, 0.25) is 0 Å². The van der Waals surface area contributed by atoms with Gasteiger partial charge in [-0.05, 0) is 37.5 Å². The molecular formula is C19H28N4O2. The average molecular weight is 344 g/mol. The zero-order valence-electron chi connectivity index (χ0n) is 15.3. The number of nitrogens with zero attached hydrogens (tertiary/aromatic N) is 1. The largest absolute Gasteiger partial charge is 0.450 e. The summed E-state index contributed by atoms with van der Waals surface area (Å²) in [6, 6.07) is 6.33. The Balaban J connectivity index is 0.000000211. The first-order valence-electron chi connectivity index (χ1n) is 9.02. The Morgan fingerprint density at radius 2 is 1.88 bits per heavy atom. The summed E-state index contributed by atoms with van der Waals surface area (Å²) in [6.07, 6.45) is 8.07. The summed E-state index contributed by atoms with van der Waals surface area (Å²) in [5.74, 6) is 1.79. The summed E-state index contributed by atoms with van der Waals surface area (Å²) in [4.78, 5) is 17.3. The van der Waals surface area contributed by atoms with Crippen molar-refractivity contribution in [3.8, 4) is 11.5 Å². The number of benzene rings is 1. The summed E-state index contributed by atoms with van der Waals surface area (Å²) >= 11 is 0. The molecule has 6 heteroatoms. The van der Waals surface area contributed by atoms with Crippen LogP contribution < -0.4 is 21.5 Å². The molecule has 2 aliphatic rings. The van der Waals surface area contributed by atoms with Crippen molar-refractivity contribution in [2.75, 3.05) is 5.32 Å². The van der Waals surface area contributed by atoms with Crippen molar-refractivity contribution in [1.82, 2.24) is 9.97 Å². The van der Waals surface area contributed by atoms with Crippen LogP contribution >= 0.6 is 0 Å². The summed E-state index contributed by atoms with van der Waals surface area (Å²) in [5, 5.41) is 3.10. The van der Waals surface area contributed by atoms with E-state index in [1.165, 1.54) is 38.3 Å². The molecule has 4 N–H and O–H groups in total. The monoisotopic (exact) mass is 344 g/mol. The molecule has 2 aromatic rings. The number of H-pyrrole nitrogens is 1. The number of aromatic nitrogens is 2. The van der Waals surface area contributed by atoms with E-state index in [-0.39, 0.29) is 0 Å². The molecule has 0 bridgehead atoms. The molecule has 1 fully saturated rings. The minimum Gasteiger partial charge on any atom is -0.450 e. The van der Waals surface area contributed by atoms with E-state index in [2.05, 4.69) is 15.3 Å². The predicted molar refractivity (Wildman–Crippen MR) is 102 cm³/mol. The Labute approximate surface area is 148 Å². The number of hydrogen-bond acceptors (Lipinski definition) is 5. The van der Waals surface area contributed by atoms with Crippen molar-refractivity contribution in [2.24, 2.45) is 5.73 Å². The smallest absolute Gasteiger partial charge is 0.346 e. The van der Waals surface area contributed by atoms with E-state index in [1.54, 1.807) is 0 Å². The quantitative estimate of drug-likeness (QED) is 0.567. The molecule has 2 heterocycles. The first-order chi connectivity index (χ1) is 12.1. The summed E-state index contributed by atoms with van der Waals surface area (Å²) in [7, 11) is 0. The Hall–Kier alpha value is -2.34. The minimum atomic E-state index is -0.397. The van der Waals surface area contributed by atoms with Crippen LogP contribution in [0.5, 0.6) is 11.5 Å². The lowest BCUT2D eigenvalue weighted by Gasteiger charge is -2.20. The molecule has 1 aliphatic carbocycles. The van der Waals surface area contributed by atoms with Gasteiger partial charge in [0.05, 0.1) is 11.9 Å². The maximum absolute atomic E-state index is 11.1. The fraction of sp³-hybridized carbons (Fsp3) is 0.474. The van der Waals surface area contributed by atoms with Gasteiger partial charge in [-0.15, -0.1) is 0 Å². The second kappa shape index (κ2) is 9.22. The Bertz CT molecular complexity index is 736. The van der Waals surface area contributed by atoms with Gasteiger partial charge in [-0.2, -0.15) is 4.98 Å². The number of fused-ring (bicyclic) bond motifs is 2. The van der Waals surface area contributed by atoms with E-state index in [1.807, 2.05) is 39.0 Å². The third kappa shape index (κ3) is 5.32. The van der Waals surface area contributed by atoms with Crippen molar-refractivity contribution in [1.29, 1.82) is 0 Å². The van der Waals surface area contributed by atoms with Gasteiger partial charge < -0.3 is 15.8 Å². The van der Waals surface area contributed by atoms with Crippen LogP contribution in [0.15, 0.2) is 29.2 Å². The van der Waals surface area contributed by atoms with E-state index in [9.17, 15) is 4.79 Å². The maximum atomic E-state index is 11.1. The van der Waals surface area contributed by atoms with Crippen molar-refractivity contribution < 1.29 is 4.74 Å². The number of aromatic amines is 1. The van der Waals surface area contributed by atoms with Crippen LogP contribution in [-0.2, 0) is 0 Å². The maximum Gasteiger partial charge on any atom is 0.346 e. The molecular weight excluding hydrogens is 316 g/mol. The van der Waals surface area contributed by atoms with Crippen LogP contribution in [0.3, 0.4) is 0 Å². The normalized spacial score (nSPS) is 15.0. The number of nitrogens with one attached hydrogen (secondary N) is 2. The highest BCUT2D eigenvalue weighted by atomic mass is 16.5. The lowest BCUT2D eigenvalue weighted by Crippen LogP contribution is -2.22. The second-order valence-electron chi connectivity index (χ2n) is 6.05. The first-order valence-corrected chi connectivity index (χ1v) is 9.02. The van der Waals surface area contributed by atoms with Crippen LogP contribution in [0.4, 0.5) is 11.5 Å². The SMILES string of the molecule is CC.Cc1ccc2c(c1)Nc1[nH]c(=O)ncc1O2.NC1CCCCC1. The summed E-state index contributed by atoms with van der Waals surface area (Å²) < 4.78 is 5.59.